The fraction of sp³-hybridized carbons (Fsp3) is 0.889. The number of methoxy groups -OCH3 is 2. The number of ether oxygens (including phenoxy) is 2. The van der Waals surface area contributed by atoms with Crippen LogP contribution in [0.25, 0.3) is 0 Å². The molecule has 1 saturated heterocycles. The predicted molar refractivity (Wildman–Crippen MR) is 55.3 cm³/mol. The molecule has 5 nitrogen and oxygen atoms in total. The summed E-state index contributed by atoms with van der Waals surface area (Å²) in [4.78, 5) is 6.15. The monoisotopic (exact) mass is 201 g/mol. The number of guanidine groups is 1. The second-order valence-corrected chi connectivity index (χ2v) is 3.29. The van der Waals surface area contributed by atoms with Crippen molar-refractivity contribution < 1.29 is 9.47 Å². The SMILES string of the molecule is CCN=C(N)N1CC(OC)C(OC)C1. The van der Waals surface area contributed by atoms with E-state index in [1.54, 1.807) is 14.2 Å². The van der Waals surface area contributed by atoms with Crippen LogP contribution in [0.4, 0.5) is 0 Å². The Morgan fingerprint density at radius 3 is 2.21 bits per heavy atom. The molecule has 1 rings (SSSR count). The first kappa shape index (κ1) is 11.3. The number of hydrogen-bond acceptors (Lipinski definition) is 3. The highest BCUT2D eigenvalue weighted by Crippen LogP contribution is 2.14. The number of nitrogens with zero attached hydrogens (tertiary/aromatic N) is 2. The standard InChI is InChI=1S/C9H19N3O2/c1-4-11-9(10)12-5-7(13-2)8(6-12)14-3/h7-8H,4-6H2,1-3H3,(H2,10,11). The topological polar surface area (TPSA) is 60.1 Å². The van der Waals surface area contributed by atoms with Crippen LogP contribution >= 0.6 is 0 Å². The van der Waals surface area contributed by atoms with E-state index in [2.05, 4.69) is 4.99 Å². The second-order valence-electron chi connectivity index (χ2n) is 3.29. The summed E-state index contributed by atoms with van der Waals surface area (Å²) < 4.78 is 10.6. The molecule has 0 aromatic heterocycles. The van der Waals surface area contributed by atoms with Crippen LogP contribution < -0.4 is 5.73 Å². The van der Waals surface area contributed by atoms with E-state index in [1.807, 2.05) is 11.8 Å². The van der Waals surface area contributed by atoms with Gasteiger partial charge < -0.3 is 20.1 Å². The number of hydrogen-bond donors (Lipinski definition) is 1. The summed E-state index contributed by atoms with van der Waals surface area (Å²) >= 11 is 0. The van der Waals surface area contributed by atoms with Gasteiger partial charge in [-0.1, -0.05) is 0 Å². The normalized spacial score (nSPS) is 28.5. The molecule has 0 amide bonds. The van der Waals surface area contributed by atoms with E-state index >= 15 is 0 Å². The second kappa shape index (κ2) is 5.17. The van der Waals surface area contributed by atoms with Crippen molar-refractivity contribution in [3.63, 3.8) is 0 Å². The van der Waals surface area contributed by atoms with Crippen LogP contribution in [0.5, 0.6) is 0 Å². The van der Waals surface area contributed by atoms with Crippen molar-refractivity contribution in [2.75, 3.05) is 33.9 Å². The van der Waals surface area contributed by atoms with Gasteiger partial charge in [0.1, 0.15) is 12.2 Å². The Kier molecular flexibility index (Phi) is 4.16. The molecule has 1 aliphatic rings. The van der Waals surface area contributed by atoms with Gasteiger partial charge in [0, 0.05) is 33.9 Å². The summed E-state index contributed by atoms with van der Waals surface area (Å²) in [6.07, 6.45) is 0.177. The Bertz CT molecular complexity index is 196. The summed E-state index contributed by atoms with van der Waals surface area (Å²) in [5.74, 6) is 0.578. The molecule has 82 valence electrons. The van der Waals surface area contributed by atoms with Gasteiger partial charge in [0.2, 0.25) is 0 Å². The third kappa shape index (κ3) is 2.36. The highest BCUT2D eigenvalue weighted by atomic mass is 16.5. The fourth-order valence-corrected chi connectivity index (χ4v) is 1.65. The molecule has 14 heavy (non-hydrogen) atoms. The van der Waals surface area contributed by atoms with Gasteiger partial charge in [0.05, 0.1) is 0 Å². The van der Waals surface area contributed by atoms with Gasteiger partial charge in [-0.25, -0.2) is 0 Å². The first-order valence-electron chi connectivity index (χ1n) is 4.83. The van der Waals surface area contributed by atoms with Crippen LogP contribution in [0.1, 0.15) is 6.92 Å². The predicted octanol–water partition coefficient (Wildman–Crippen LogP) is -0.333. The lowest BCUT2D eigenvalue weighted by molar-refractivity contribution is -0.00461. The van der Waals surface area contributed by atoms with Gasteiger partial charge in [-0.2, -0.15) is 0 Å². The molecular weight excluding hydrogens is 182 g/mol. The molecule has 1 fully saturated rings. The molecule has 1 aliphatic heterocycles. The molecule has 0 bridgehead atoms. The van der Waals surface area contributed by atoms with Crippen molar-refractivity contribution in [2.45, 2.75) is 19.1 Å². The molecule has 2 atom stereocenters. The van der Waals surface area contributed by atoms with Crippen LogP contribution in [0, 0.1) is 0 Å². The van der Waals surface area contributed by atoms with Crippen molar-refractivity contribution in [1.29, 1.82) is 0 Å². The smallest absolute Gasteiger partial charge is 0.191 e. The van der Waals surface area contributed by atoms with Gasteiger partial charge in [-0.3, -0.25) is 4.99 Å². The van der Waals surface area contributed by atoms with Crippen molar-refractivity contribution in [1.82, 2.24) is 4.90 Å². The Balaban J connectivity index is 2.56. The molecule has 0 radical (unpaired) electrons. The maximum atomic E-state index is 5.79. The Morgan fingerprint density at radius 2 is 1.86 bits per heavy atom. The zero-order valence-electron chi connectivity index (χ0n) is 9.06. The minimum Gasteiger partial charge on any atom is -0.377 e. The lowest BCUT2D eigenvalue weighted by Gasteiger charge is -2.15. The van der Waals surface area contributed by atoms with Gasteiger partial charge in [-0.15, -0.1) is 0 Å². The van der Waals surface area contributed by atoms with Gasteiger partial charge in [0.25, 0.3) is 0 Å². The van der Waals surface area contributed by atoms with E-state index < -0.39 is 0 Å². The van der Waals surface area contributed by atoms with Crippen LogP contribution in [0.3, 0.4) is 0 Å². The first-order valence-corrected chi connectivity index (χ1v) is 4.83. The maximum Gasteiger partial charge on any atom is 0.191 e. The van der Waals surface area contributed by atoms with E-state index in [0.717, 1.165) is 13.1 Å². The first-order chi connectivity index (χ1) is 6.72. The molecule has 2 unspecified atom stereocenters. The summed E-state index contributed by atoms with van der Waals surface area (Å²) in [5, 5.41) is 0. The van der Waals surface area contributed by atoms with Crippen molar-refractivity contribution >= 4 is 5.96 Å². The van der Waals surface area contributed by atoms with Crippen LogP contribution in [0.2, 0.25) is 0 Å². The van der Waals surface area contributed by atoms with Gasteiger partial charge in [-0.05, 0) is 6.92 Å². The highest BCUT2D eigenvalue weighted by molar-refractivity contribution is 5.78. The van der Waals surface area contributed by atoms with Gasteiger partial charge >= 0.3 is 0 Å². The lowest BCUT2D eigenvalue weighted by atomic mass is 10.3. The third-order valence-corrected chi connectivity index (χ3v) is 2.46. The largest absolute Gasteiger partial charge is 0.377 e. The zero-order valence-corrected chi connectivity index (χ0v) is 9.06. The number of likely N-dealkylation sites (tertiary alicyclic amines) is 1. The quantitative estimate of drug-likeness (QED) is 0.501. The summed E-state index contributed by atoms with van der Waals surface area (Å²) in [7, 11) is 3.38. The van der Waals surface area contributed by atoms with Crippen LogP contribution in [0.15, 0.2) is 4.99 Å². The summed E-state index contributed by atoms with van der Waals surface area (Å²) in [6.45, 7) is 4.18. The molecule has 0 spiro atoms. The Labute approximate surface area is 84.9 Å². The van der Waals surface area contributed by atoms with E-state index in [1.165, 1.54) is 0 Å². The average Bonchev–Trinajstić information content (AvgIpc) is 2.61. The zero-order chi connectivity index (χ0) is 10.6. The minimum absolute atomic E-state index is 0.0885. The third-order valence-electron chi connectivity index (χ3n) is 2.46. The maximum absolute atomic E-state index is 5.79. The average molecular weight is 201 g/mol. The van der Waals surface area contributed by atoms with E-state index in [9.17, 15) is 0 Å². The number of rotatable bonds is 3. The minimum atomic E-state index is 0.0885. The highest BCUT2D eigenvalue weighted by Gasteiger charge is 2.33. The fourth-order valence-electron chi connectivity index (χ4n) is 1.65. The van der Waals surface area contributed by atoms with E-state index in [0.29, 0.717) is 12.5 Å². The van der Waals surface area contributed by atoms with Crippen molar-refractivity contribution in [3.8, 4) is 0 Å². The summed E-state index contributed by atoms with van der Waals surface area (Å²) in [5.41, 5.74) is 5.79. The molecule has 0 aromatic carbocycles. The molecule has 0 aliphatic carbocycles. The molecule has 5 heteroatoms. The molecule has 1 heterocycles. The van der Waals surface area contributed by atoms with Crippen LogP contribution in [-0.4, -0.2) is 56.9 Å². The number of aliphatic imine (C=N–C) groups is 1. The molecular formula is C9H19N3O2. The van der Waals surface area contributed by atoms with Crippen LogP contribution in [-0.2, 0) is 9.47 Å². The van der Waals surface area contributed by atoms with Crippen molar-refractivity contribution in [3.05, 3.63) is 0 Å². The Morgan fingerprint density at radius 1 is 1.36 bits per heavy atom. The van der Waals surface area contributed by atoms with Crippen molar-refractivity contribution in [2.24, 2.45) is 10.7 Å². The Hall–Kier alpha value is -0.810. The van der Waals surface area contributed by atoms with E-state index in [-0.39, 0.29) is 12.2 Å². The van der Waals surface area contributed by atoms with Gasteiger partial charge in [0.15, 0.2) is 5.96 Å². The molecule has 2 N–H and O–H groups in total. The van der Waals surface area contributed by atoms with E-state index in [4.69, 9.17) is 15.2 Å². The lowest BCUT2D eigenvalue weighted by Crippen LogP contribution is -2.36. The molecule has 0 aromatic rings. The summed E-state index contributed by atoms with van der Waals surface area (Å²) in [6, 6.07) is 0. The molecule has 0 saturated carbocycles. The number of nitrogens with two attached hydrogens (primary N) is 1.